The molecule has 0 saturated heterocycles. The second kappa shape index (κ2) is 6.17. The van der Waals surface area contributed by atoms with Gasteiger partial charge < -0.3 is 14.5 Å². The van der Waals surface area contributed by atoms with Crippen LogP contribution in [0.15, 0.2) is 10.8 Å². The highest BCUT2D eigenvalue weighted by atomic mass is 16.5. The highest BCUT2D eigenvalue weighted by Crippen LogP contribution is 2.14. The van der Waals surface area contributed by atoms with Crippen LogP contribution in [-0.4, -0.2) is 24.2 Å². The Hall–Kier alpha value is -0.870. The molecule has 1 rings (SSSR count). The molecule has 1 unspecified atom stereocenters. The second-order valence-corrected chi connectivity index (χ2v) is 5.59. The molecule has 0 aliphatic rings. The van der Waals surface area contributed by atoms with Crippen LogP contribution in [0.2, 0.25) is 0 Å². The first-order valence-corrected chi connectivity index (χ1v) is 6.07. The number of hydrogen-bond acceptors (Lipinski definition) is 4. The summed E-state index contributed by atoms with van der Waals surface area (Å²) in [6.45, 7) is 10.1. The van der Waals surface area contributed by atoms with E-state index in [1.54, 1.807) is 7.11 Å². The van der Waals surface area contributed by atoms with Crippen molar-refractivity contribution in [3.63, 3.8) is 0 Å². The number of ether oxygens (including phenoxy) is 1. The third-order valence-electron chi connectivity index (χ3n) is 2.50. The Bertz CT molecular complexity index is 328. The monoisotopic (exact) mass is 240 g/mol. The average Bonchev–Trinajstić information content (AvgIpc) is 2.61. The SMILES string of the molecule is COCC(C)Cc1ocnc1CNC(C)(C)C. The molecule has 17 heavy (non-hydrogen) atoms. The first-order valence-electron chi connectivity index (χ1n) is 6.07. The minimum atomic E-state index is 0.0916. The van der Waals surface area contributed by atoms with Gasteiger partial charge in [-0.25, -0.2) is 4.98 Å². The summed E-state index contributed by atoms with van der Waals surface area (Å²) in [4.78, 5) is 4.26. The summed E-state index contributed by atoms with van der Waals surface area (Å²) in [5.74, 6) is 1.41. The maximum absolute atomic E-state index is 5.44. The molecule has 0 saturated carbocycles. The van der Waals surface area contributed by atoms with E-state index in [2.05, 4.69) is 38.0 Å². The van der Waals surface area contributed by atoms with Gasteiger partial charge in [-0.15, -0.1) is 0 Å². The van der Waals surface area contributed by atoms with Gasteiger partial charge in [0.25, 0.3) is 0 Å². The van der Waals surface area contributed by atoms with Gasteiger partial charge in [-0.3, -0.25) is 0 Å². The van der Waals surface area contributed by atoms with Crippen molar-refractivity contribution in [3.05, 3.63) is 17.8 Å². The lowest BCUT2D eigenvalue weighted by Crippen LogP contribution is -2.35. The molecule has 1 aromatic heterocycles. The molecule has 0 radical (unpaired) electrons. The number of nitrogens with zero attached hydrogens (tertiary/aromatic N) is 1. The molecular weight excluding hydrogens is 216 g/mol. The van der Waals surface area contributed by atoms with Crippen LogP contribution in [-0.2, 0) is 17.7 Å². The molecule has 4 nitrogen and oxygen atoms in total. The Kier molecular flexibility index (Phi) is 5.15. The molecule has 0 aliphatic carbocycles. The quantitative estimate of drug-likeness (QED) is 0.829. The van der Waals surface area contributed by atoms with E-state index < -0.39 is 0 Å². The van der Waals surface area contributed by atoms with Gasteiger partial charge in [-0.2, -0.15) is 0 Å². The Morgan fingerprint density at radius 1 is 1.47 bits per heavy atom. The zero-order valence-corrected chi connectivity index (χ0v) is 11.5. The van der Waals surface area contributed by atoms with E-state index >= 15 is 0 Å². The predicted molar refractivity (Wildman–Crippen MR) is 67.8 cm³/mol. The molecular formula is C13H24N2O2. The van der Waals surface area contributed by atoms with Gasteiger partial charge in [0.2, 0.25) is 0 Å². The van der Waals surface area contributed by atoms with Crippen molar-refractivity contribution in [2.45, 2.75) is 46.2 Å². The van der Waals surface area contributed by atoms with E-state index in [0.29, 0.717) is 5.92 Å². The van der Waals surface area contributed by atoms with Gasteiger partial charge in [0, 0.05) is 32.2 Å². The van der Waals surface area contributed by atoms with Gasteiger partial charge in [-0.1, -0.05) is 6.92 Å². The van der Waals surface area contributed by atoms with Gasteiger partial charge in [0.1, 0.15) is 5.76 Å². The number of aromatic nitrogens is 1. The average molecular weight is 240 g/mol. The van der Waals surface area contributed by atoms with Gasteiger partial charge >= 0.3 is 0 Å². The first-order chi connectivity index (χ1) is 7.92. The van der Waals surface area contributed by atoms with E-state index in [4.69, 9.17) is 9.15 Å². The molecule has 0 spiro atoms. The largest absolute Gasteiger partial charge is 0.448 e. The normalized spacial score (nSPS) is 13.9. The lowest BCUT2D eigenvalue weighted by Gasteiger charge is -2.20. The van der Waals surface area contributed by atoms with Crippen molar-refractivity contribution in [2.75, 3.05) is 13.7 Å². The number of nitrogens with one attached hydrogen (secondary N) is 1. The first kappa shape index (κ1) is 14.2. The zero-order chi connectivity index (χ0) is 12.9. The summed E-state index contributed by atoms with van der Waals surface area (Å²) >= 11 is 0. The van der Waals surface area contributed by atoms with Crippen LogP contribution < -0.4 is 5.32 Å². The highest BCUT2D eigenvalue weighted by Gasteiger charge is 2.15. The fourth-order valence-electron chi connectivity index (χ4n) is 1.61. The molecule has 0 amide bonds. The molecule has 0 bridgehead atoms. The Balaban J connectivity index is 2.54. The maximum atomic E-state index is 5.44. The molecule has 1 N–H and O–H groups in total. The lowest BCUT2D eigenvalue weighted by atomic mass is 10.1. The Labute approximate surface area is 104 Å². The molecule has 98 valence electrons. The minimum absolute atomic E-state index is 0.0916. The minimum Gasteiger partial charge on any atom is -0.448 e. The van der Waals surface area contributed by atoms with Crippen LogP contribution >= 0.6 is 0 Å². The molecule has 0 fully saturated rings. The van der Waals surface area contributed by atoms with Crippen molar-refractivity contribution >= 4 is 0 Å². The van der Waals surface area contributed by atoms with Gasteiger partial charge in [0.15, 0.2) is 6.39 Å². The van der Waals surface area contributed by atoms with Crippen LogP contribution in [0.3, 0.4) is 0 Å². The highest BCUT2D eigenvalue weighted by molar-refractivity contribution is 5.08. The number of methoxy groups -OCH3 is 1. The molecule has 0 aromatic carbocycles. The maximum Gasteiger partial charge on any atom is 0.181 e. The zero-order valence-electron chi connectivity index (χ0n) is 11.5. The molecule has 1 atom stereocenters. The van der Waals surface area contributed by atoms with Crippen LogP contribution in [0.25, 0.3) is 0 Å². The fourth-order valence-corrected chi connectivity index (χ4v) is 1.61. The van der Waals surface area contributed by atoms with Crippen molar-refractivity contribution in [2.24, 2.45) is 5.92 Å². The fraction of sp³-hybridized carbons (Fsp3) is 0.769. The van der Waals surface area contributed by atoms with Crippen LogP contribution in [0.1, 0.15) is 39.1 Å². The van der Waals surface area contributed by atoms with E-state index in [1.165, 1.54) is 6.39 Å². The van der Waals surface area contributed by atoms with Crippen molar-refractivity contribution in [1.29, 1.82) is 0 Å². The molecule has 1 aromatic rings. The standard InChI is InChI=1S/C13H24N2O2/c1-10(8-16-5)6-12-11(14-9-17-12)7-15-13(2,3)4/h9-10,15H,6-8H2,1-5H3. The molecule has 1 heterocycles. The van der Waals surface area contributed by atoms with E-state index in [1.807, 2.05) is 0 Å². The molecule has 0 aliphatic heterocycles. The lowest BCUT2D eigenvalue weighted by molar-refractivity contribution is 0.156. The number of oxazole rings is 1. The second-order valence-electron chi connectivity index (χ2n) is 5.59. The third kappa shape index (κ3) is 5.33. The topological polar surface area (TPSA) is 47.3 Å². The van der Waals surface area contributed by atoms with Crippen LogP contribution in [0.5, 0.6) is 0 Å². The predicted octanol–water partition coefficient (Wildman–Crippen LogP) is 2.39. The molecule has 4 heteroatoms. The van der Waals surface area contributed by atoms with Crippen LogP contribution in [0.4, 0.5) is 0 Å². The Morgan fingerprint density at radius 3 is 2.76 bits per heavy atom. The summed E-state index contributed by atoms with van der Waals surface area (Å²) in [6, 6.07) is 0. The van der Waals surface area contributed by atoms with Crippen LogP contribution in [0, 0.1) is 5.92 Å². The van der Waals surface area contributed by atoms with Gasteiger partial charge in [-0.05, 0) is 26.7 Å². The summed E-state index contributed by atoms with van der Waals surface area (Å²) in [7, 11) is 1.72. The van der Waals surface area contributed by atoms with Crippen molar-refractivity contribution < 1.29 is 9.15 Å². The number of hydrogen-bond donors (Lipinski definition) is 1. The summed E-state index contributed by atoms with van der Waals surface area (Å²) in [5, 5.41) is 3.42. The summed E-state index contributed by atoms with van der Waals surface area (Å²) in [6.07, 6.45) is 2.39. The summed E-state index contributed by atoms with van der Waals surface area (Å²) in [5.41, 5.74) is 1.09. The van der Waals surface area contributed by atoms with E-state index in [0.717, 1.165) is 31.0 Å². The van der Waals surface area contributed by atoms with Crippen molar-refractivity contribution in [3.8, 4) is 0 Å². The third-order valence-corrected chi connectivity index (χ3v) is 2.50. The Morgan fingerprint density at radius 2 is 2.18 bits per heavy atom. The van der Waals surface area contributed by atoms with E-state index in [-0.39, 0.29) is 5.54 Å². The van der Waals surface area contributed by atoms with E-state index in [9.17, 15) is 0 Å². The smallest absolute Gasteiger partial charge is 0.181 e. The number of rotatable bonds is 6. The van der Waals surface area contributed by atoms with Gasteiger partial charge in [0.05, 0.1) is 5.69 Å². The van der Waals surface area contributed by atoms with Crippen molar-refractivity contribution in [1.82, 2.24) is 10.3 Å². The summed E-state index contributed by atoms with van der Waals surface area (Å²) < 4.78 is 10.6.